The second-order valence-corrected chi connectivity index (χ2v) is 4.92. The molecule has 0 bridgehead atoms. The number of fused-ring (bicyclic) bond motifs is 1. The van der Waals surface area contributed by atoms with Gasteiger partial charge in [0, 0.05) is 5.02 Å². The largest absolute Gasteiger partial charge is 0.481 e. The lowest BCUT2D eigenvalue weighted by atomic mass is 9.98. The molecule has 0 radical (unpaired) electrons. The van der Waals surface area contributed by atoms with Gasteiger partial charge in [-0.3, -0.25) is 4.79 Å². The molecule has 0 saturated heterocycles. The van der Waals surface area contributed by atoms with Crippen molar-refractivity contribution in [2.24, 2.45) is 5.92 Å². The molecular formula is C13H15ClO2. The molecule has 1 unspecified atom stereocenters. The van der Waals surface area contributed by atoms with E-state index in [0.717, 1.165) is 29.8 Å². The molecule has 0 amide bonds. The van der Waals surface area contributed by atoms with Crippen LogP contribution in [0.4, 0.5) is 0 Å². The van der Waals surface area contributed by atoms with E-state index in [-0.39, 0.29) is 5.92 Å². The van der Waals surface area contributed by atoms with Gasteiger partial charge in [-0.1, -0.05) is 24.6 Å². The monoisotopic (exact) mass is 238 g/mol. The Morgan fingerprint density at radius 1 is 1.50 bits per heavy atom. The summed E-state index contributed by atoms with van der Waals surface area (Å²) in [5.74, 6) is -1.10. The molecule has 3 heteroatoms. The highest BCUT2D eigenvalue weighted by Gasteiger charge is 2.17. The van der Waals surface area contributed by atoms with Crippen LogP contribution in [0.1, 0.15) is 30.0 Å². The van der Waals surface area contributed by atoms with Gasteiger partial charge < -0.3 is 5.11 Å². The summed E-state index contributed by atoms with van der Waals surface area (Å²) < 4.78 is 0. The third-order valence-electron chi connectivity index (χ3n) is 3.18. The Hall–Kier alpha value is -1.02. The van der Waals surface area contributed by atoms with Gasteiger partial charge in [0.25, 0.3) is 0 Å². The van der Waals surface area contributed by atoms with Crippen LogP contribution in [0.15, 0.2) is 12.1 Å². The summed E-state index contributed by atoms with van der Waals surface area (Å²) in [4.78, 5) is 10.8. The fraction of sp³-hybridized carbons (Fsp3) is 0.462. The number of benzene rings is 1. The Balaban J connectivity index is 2.23. The number of carboxylic acid groups (broad SMARTS) is 1. The molecule has 1 aliphatic rings. The fourth-order valence-corrected chi connectivity index (χ4v) is 2.63. The van der Waals surface area contributed by atoms with Crippen molar-refractivity contribution < 1.29 is 9.90 Å². The third-order valence-corrected chi connectivity index (χ3v) is 3.52. The van der Waals surface area contributed by atoms with Crippen molar-refractivity contribution in [1.82, 2.24) is 0 Å². The third kappa shape index (κ3) is 2.22. The van der Waals surface area contributed by atoms with Gasteiger partial charge in [-0.25, -0.2) is 0 Å². The Kier molecular flexibility index (Phi) is 3.20. The first-order chi connectivity index (χ1) is 7.58. The molecule has 1 aliphatic carbocycles. The molecule has 86 valence electrons. The number of carboxylic acids is 1. The number of aliphatic carboxylic acids is 1. The minimum absolute atomic E-state index is 0.351. The zero-order chi connectivity index (χ0) is 11.7. The highest BCUT2D eigenvalue weighted by atomic mass is 35.5. The average molecular weight is 239 g/mol. The van der Waals surface area contributed by atoms with Crippen LogP contribution in [0.25, 0.3) is 0 Å². The standard InChI is InChI=1S/C13H15ClO2/c1-8(13(15)16)5-9-6-10-3-2-4-11(10)12(14)7-9/h6-8H,2-5H2,1H3,(H,15,16). The number of rotatable bonds is 3. The molecule has 2 rings (SSSR count). The zero-order valence-corrected chi connectivity index (χ0v) is 10.0. The van der Waals surface area contributed by atoms with Gasteiger partial charge in [0.1, 0.15) is 0 Å². The first kappa shape index (κ1) is 11.5. The van der Waals surface area contributed by atoms with Crippen molar-refractivity contribution >= 4 is 17.6 Å². The smallest absolute Gasteiger partial charge is 0.306 e. The number of carbonyl (C=O) groups is 1. The first-order valence-electron chi connectivity index (χ1n) is 5.61. The Labute approximate surface area is 100 Å². The van der Waals surface area contributed by atoms with Crippen molar-refractivity contribution in [3.63, 3.8) is 0 Å². The van der Waals surface area contributed by atoms with Gasteiger partial charge in [0.2, 0.25) is 0 Å². The SMILES string of the molecule is CC(Cc1cc(Cl)c2c(c1)CCC2)C(=O)O. The molecule has 2 nitrogen and oxygen atoms in total. The van der Waals surface area contributed by atoms with Crippen LogP contribution in [-0.4, -0.2) is 11.1 Å². The van der Waals surface area contributed by atoms with Crippen LogP contribution in [0, 0.1) is 5.92 Å². The van der Waals surface area contributed by atoms with Crippen molar-refractivity contribution in [2.45, 2.75) is 32.6 Å². The minimum atomic E-state index is -0.753. The van der Waals surface area contributed by atoms with Gasteiger partial charge >= 0.3 is 5.97 Å². The van der Waals surface area contributed by atoms with Gasteiger partial charge in [-0.2, -0.15) is 0 Å². The minimum Gasteiger partial charge on any atom is -0.481 e. The van der Waals surface area contributed by atoms with Crippen molar-refractivity contribution in [3.05, 3.63) is 33.8 Å². The lowest BCUT2D eigenvalue weighted by Crippen LogP contribution is -2.12. The molecule has 16 heavy (non-hydrogen) atoms. The Morgan fingerprint density at radius 2 is 2.25 bits per heavy atom. The summed E-state index contributed by atoms with van der Waals surface area (Å²) in [5, 5.41) is 9.68. The summed E-state index contributed by atoms with van der Waals surface area (Å²) in [5.41, 5.74) is 3.61. The molecule has 0 aliphatic heterocycles. The fourth-order valence-electron chi connectivity index (χ4n) is 2.27. The molecule has 0 heterocycles. The van der Waals surface area contributed by atoms with Crippen molar-refractivity contribution in [3.8, 4) is 0 Å². The summed E-state index contributed by atoms with van der Waals surface area (Å²) in [7, 11) is 0. The van der Waals surface area contributed by atoms with Crippen LogP contribution in [0.2, 0.25) is 5.02 Å². The lowest BCUT2D eigenvalue weighted by Gasteiger charge is -2.10. The quantitative estimate of drug-likeness (QED) is 0.879. The molecule has 0 aromatic heterocycles. The lowest BCUT2D eigenvalue weighted by molar-refractivity contribution is -0.141. The summed E-state index contributed by atoms with van der Waals surface area (Å²) in [6.45, 7) is 1.73. The van der Waals surface area contributed by atoms with E-state index in [2.05, 4.69) is 6.07 Å². The highest BCUT2D eigenvalue weighted by molar-refractivity contribution is 6.31. The number of halogens is 1. The molecule has 1 N–H and O–H groups in total. The van der Waals surface area contributed by atoms with E-state index in [1.165, 1.54) is 11.1 Å². The summed E-state index contributed by atoms with van der Waals surface area (Å²) in [6, 6.07) is 4.04. The summed E-state index contributed by atoms with van der Waals surface area (Å²) in [6.07, 6.45) is 3.85. The molecule has 0 saturated carbocycles. The van der Waals surface area contributed by atoms with E-state index >= 15 is 0 Å². The van der Waals surface area contributed by atoms with Gasteiger partial charge in [0.05, 0.1) is 5.92 Å². The van der Waals surface area contributed by atoms with Gasteiger partial charge in [-0.05, 0) is 48.4 Å². The summed E-state index contributed by atoms with van der Waals surface area (Å²) >= 11 is 6.19. The second kappa shape index (κ2) is 4.46. The van der Waals surface area contributed by atoms with Crippen molar-refractivity contribution in [2.75, 3.05) is 0 Å². The zero-order valence-electron chi connectivity index (χ0n) is 9.29. The molecule has 1 aromatic rings. The first-order valence-corrected chi connectivity index (χ1v) is 5.98. The number of hydrogen-bond acceptors (Lipinski definition) is 1. The van der Waals surface area contributed by atoms with E-state index in [9.17, 15) is 4.79 Å². The van der Waals surface area contributed by atoms with Gasteiger partial charge in [-0.15, -0.1) is 0 Å². The molecule has 1 aromatic carbocycles. The van der Waals surface area contributed by atoms with E-state index in [4.69, 9.17) is 16.7 Å². The molecule has 0 fully saturated rings. The molecular weight excluding hydrogens is 224 g/mol. The second-order valence-electron chi connectivity index (χ2n) is 4.51. The number of aryl methyl sites for hydroxylation is 1. The predicted molar refractivity (Wildman–Crippen MR) is 64.0 cm³/mol. The van der Waals surface area contributed by atoms with E-state index in [1.807, 2.05) is 6.07 Å². The van der Waals surface area contributed by atoms with Crippen molar-refractivity contribution in [1.29, 1.82) is 0 Å². The number of hydrogen-bond donors (Lipinski definition) is 1. The van der Waals surface area contributed by atoms with E-state index in [1.54, 1.807) is 6.92 Å². The van der Waals surface area contributed by atoms with E-state index < -0.39 is 5.97 Å². The molecule has 0 spiro atoms. The van der Waals surface area contributed by atoms with Crippen LogP contribution >= 0.6 is 11.6 Å². The van der Waals surface area contributed by atoms with Crippen LogP contribution in [0.3, 0.4) is 0 Å². The Bertz CT molecular complexity index is 426. The van der Waals surface area contributed by atoms with Gasteiger partial charge in [0.15, 0.2) is 0 Å². The maximum absolute atomic E-state index is 10.8. The molecule has 1 atom stereocenters. The Morgan fingerprint density at radius 3 is 2.94 bits per heavy atom. The average Bonchev–Trinajstić information content (AvgIpc) is 2.65. The van der Waals surface area contributed by atoms with Crippen LogP contribution in [-0.2, 0) is 24.1 Å². The highest BCUT2D eigenvalue weighted by Crippen LogP contribution is 2.30. The van der Waals surface area contributed by atoms with Crippen LogP contribution in [0.5, 0.6) is 0 Å². The predicted octanol–water partition coefficient (Wildman–Crippen LogP) is 3.09. The van der Waals surface area contributed by atoms with E-state index in [0.29, 0.717) is 6.42 Å². The van der Waals surface area contributed by atoms with Crippen LogP contribution < -0.4 is 0 Å². The normalized spacial score (nSPS) is 15.9. The maximum atomic E-state index is 10.8. The maximum Gasteiger partial charge on any atom is 0.306 e. The topological polar surface area (TPSA) is 37.3 Å².